The Balaban J connectivity index is 2.11. The van der Waals surface area contributed by atoms with Crippen LogP contribution in [0.5, 0.6) is 5.75 Å². The highest BCUT2D eigenvalue weighted by Gasteiger charge is 2.17. The van der Waals surface area contributed by atoms with Crippen LogP contribution in [-0.2, 0) is 17.8 Å². The van der Waals surface area contributed by atoms with Crippen LogP contribution < -0.4 is 10.1 Å². The van der Waals surface area contributed by atoms with Crippen molar-refractivity contribution < 1.29 is 19.4 Å². The van der Waals surface area contributed by atoms with Gasteiger partial charge in [-0.15, -0.1) is 0 Å². The molecule has 0 aliphatic heterocycles. The van der Waals surface area contributed by atoms with Crippen molar-refractivity contribution in [3.05, 3.63) is 64.7 Å². The molecule has 0 spiro atoms. The van der Waals surface area contributed by atoms with Crippen LogP contribution in [0.15, 0.2) is 42.5 Å². The minimum atomic E-state index is -0.794. The molecule has 0 aliphatic carbocycles. The maximum Gasteiger partial charge on any atom is 0.306 e. The van der Waals surface area contributed by atoms with E-state index in [1.54, 1.807) is 19.2 Å². The minimum Gasteiger partial charge on any atom is -0.496 e. The molecule has 0 radical (unpaired) electrons. The van der Waals surface area contributed by atoms with Crippen molar-refractivity contribution in [1.29, 1.82) is 0 Å². The van der Waals surface area contributed by atoms with E-state index in [0.29, 0.717) is 30.7 Å². The highest BCUT2D eigenvalue weighted by Crippen LogP contribution is 2.22. The molecule has 2 N–H and O–H groups in total. The summed E-state index contributed by atoms with van der Waals surface area (Å²) in [6.07, 6.45) is 1.02. The van der Waals surface area contributed by atoms with Gasteiger partial charge in [-0.2, -0.15) is 0 Å². The number of amides is 1. The molecule has 0 saturated carbocycles. The summed E-state index contributed by atoms with van der Waals surface area (Å²) >= 11 is 0. The maximum atomic E-state index is 12.3. The molecule has 1 amide bonds. The lowest BCUT2D eigenvalue weighted by molar-refractivity contribution is -0.141. The SMILES string of the molecule is CC[C@H](Cc1ccc(OC)c(CNC(=O)c2ccc(C)cc2)c1)C(=O)O. The topological polar surface area (TPSA) is 75.6 Å². The number of rotatable bonds is 8. The Morgan fingerprint density at radius 1 is 1.15 bits per heavy atom. The third-order valence-electron chi connectivity index (χ3n) is 4.42. The molecule has 0 aliphatic rings. The molecular formula is C21H25NO4. The number of carbonyl (C=O) groups excluding carboxylic acids is 1. The van der Waals surface area contributed by atoms with Crippen molar-refractivity contribution in [3.8, 4) is 5.75 Å². The lowest BCUT2D eigenvalue weighted by Gasteiger charge is -2.14. The van der Waals surface area contributed by atoms with E-state index in [0.717, 1.165) is 16.7 Å². The third kappa shape index (κ3) is 5.09. The molecule has 138 valence electrons. The van der Waals surface area contributed by atoms with Crippen molar-refractivity contribution in [2.24, 2.45) is 5.92 Å². The first-order valence-corrected chi connectivity index (χ1v) is 8.68. The summed E-state index contributed by atoms with van der Waals surface area (Å²) in [6.45, 7) is 4.15. The van der Waals surface area contributed by atoms with Crippen molar-refractivity contribution in [2.45, 2.75) is 33.2 Å². The molecular weight excluding hydrogens is 330 g/mol. The first-order valence-electron chi connectivity index (χ1n) is 8.68. The molecule has 0 saturated heterocycles. The van der Waals surface area contributed by atoms with Crippen LogP contribution in [0.1, 0.15) is 40.4 Å². The Morgan fingerprint density at radius 3 is 2.42 bits per heavy atom. The number of benzene rings is 2. The van der Waals surface area contributed by atoms with Crippen LogP contribution in [0, 0.1) is 12.8 Å². The first kappa shape index (κ1) is 19.5. The van der Waals surface area contributed by atoms with Crippen molar-refractivity contribution in [2.75, 3.05) is 7.11 Å². The summed E-state index contributed by atoms with van der Waals surface area (Å²) in [4.78, 5) is 23.6. The van der Waals surface area contributed by atoms with Gasteiger partial charge in [0.2, 0.25) is 0 Å². The second-order valence-electron chi connectivity index (χ2n) is 6.34. The summed E-state index contributed by atoms with van der Waals surface area (Å²) in [5.41, 5.74) is 3.44. The number of aryl methyl sites for hydroxylation is 1. The van der Waals surface area contributed by atoms with Gasteiger partial charge in [0, 0.05) is 17.7 Å². The molecule has 2 aromatic carbocycles. The summed E-state index contributed by atoms with van der Waals surface area (Å²) in [6, 6.07) is 13.0. The van der Waals surface area contributed by atoms with Crippen LogP contribution >= 0.6 is 0 Å². The van der Waals surface area contributed by atoms with Gasteiger partial charge in [0.05, 0.1) is 13.0 Å². The molecule has 0 bridgehead atoms. The van der Waals surface area contributed by atoms with Crippen LogP contribution in [0.25, 0.3) is 0 Å². The molecule has 26 heavy (non-hydrogen) atoms. The van der Waals surface area contributed by atoms with Gasteiger partial charge in [0.25, 0.3) is 5.91 Å². The largest absolute Gasteiger partial charge is 0.496 e. The number of carbonyl (C=O) groups is 2. The van der Waals surface area contributed by atoms with Gasteiger partial charge in [-0.3, -0.25) is 9.59 Å². The Morgan fingerprint density at radius 2 is 1.85 bits per heavy atom. The van der Waals surface area contributed by atoms with E-state index in [9.17, 15) is 14.7 Å². The number of carboxylic acid groups (broad SMARTS) is 1. The third-order valence-corrected chi connectivity index (χ3v) is 4.42. The van der Waals surface area contributed by atoms with Gasteiger partial charge in [0.15, 0.2) is 0 Å². The number of carboxylic acids is 1. The molecule has 2 rings (SSSR count). The van der Waals surface area contributed by atoms with Crippen LogP contribution in [0.4, 0.5) is 0 Å². The van der Waals surface area contributed by atoms with Crippen LogP contribution in [-0.4, -0.2) is 24.1 Å². The summed E-state index contributed by atoms with van der Waals surface area (Å²) < 4.78 is 5.37. The molecule has 0 unspecified atom stereocenters. The molecule has 0 fully saturated rings. The molecule has 0 aromatic heterocycles. The number of hydrogen-bond acceptors (Lipinski definition) is 3. The van der Waals surface area contributed by atoms with Crippen molar-refractivity contribution >= 4 is 11.9 Å². The van der Waals surface area contributed by atoms with Gasteiger partial charge < -0.3 is 15.2 Å². The van der Waals surface area contributed by atoms with E-state index in [4.69, 9.17) is 4.74 Å². The van der Waals surface area contributed by atoms with E-state index >= 15 is 0 Å². The van der Waals surface area contributed by atoms with Crippen LogP contribution in [0.2, 0.25) is 0 Å². The lowest BCUT2D eigenvalue weighted by Crippen LogP contribution is -2.23. The Labute approximate surface area is 154 Å². The smallest absolute Gasteiger partial charge is 0.306 e. The summed E-state index contributed by atoms with van der Waals surface area (Å²) in [7, 11) is 1.58. The number of ether oxygens (including phenoxy) is 1. The van der Waals surface area contributed by atoms with Crippen LogP contribution in [0.3, 0.4) is 0 Å². The van der Waals surface area contributed by atoms with Gasteiger partial charge in [-0.1, -0.05) is 36.8 Å². The van der Waals surface area contributed by atoms with Gasteiger partial charge in [0.1, 0.15) is 5.75 Å². The summed E-state index contributed by atoms with van der Waals surface area (Å²) in [5, 5.41) is 12.1. The molecule has 5 heteroatoms. The standard InChI is InChI=1S/C21H25NO4/c1-4-16(21(24)25)11-15-7-10-19(26-3)18(12-15)13-22-20(23)17-8-5-14(2)6-9-17/h5-10,12,16H,4,11,13H2,1-3H3,(H,22,23)(H,24,25)/t16-/m1/s1. The molecule has 5 nitrogen and oxygen atoms in total. The average molecular weight is 355 g/mol. The Hall–Kier alpha value is -2.82. The highest BCUT2D eigenvalue weighted by atomic mass is 16.5. The zero-order chi connectivity index (χ0) is 19.1. The number of aliphatic carboxylic acids is 1. The second kappa shape index (κ2) is 9.04. The highest BCUT2D eigenvalue weighted by molar-refractivity contribution is 5.94. The predicted octanol–water partition coefficient (Wildman–Crippen LogP) is 3.59. The fourth-order valence-electron chi connectivity index (χ4n) is 2.77. The van der Waals surface area contributed by atoms with E-state index in [1.165, 1.54) is 0 Å². The van der Waals surface area contributed by atoms with Crippen molar-refractivity contribution in [1.82, 2.24) is 5.32 Å². The van der Waals surface area contributed by atoms with Crippen molar-refractivity contribution in [3.63, 3.8) is 0 Å². The second-order valence-corrected chi connectivity index (χ2v) is 6.34. The fraction of sp³-hybridized carbons (Fsp3) is 0.333. The van der Waals surface area contributed by atoms with E-state index < -0.39 is 11.9 Å². The average Bonchev–Trinajstić information content (AvgIpc) is 2.64. The van der Waals surface area contributed by atoms with E-state index in [2.05, 4.69) is 5.32 Å². The fourth-order valence-corrected chi connectivity index (χ4v) is 2.77. The van der Waals surface area contributed by atoms with E-state index in [1.807, 2.05) is 44.2 Å². The Bertz CT molecular complexity index is 768. The monoisotopic (exact) mass is 355 g/mol. The lowest BCUT2D eigenvalue weighted by atomic mass is 9.95. The van der Waals surface area contributed by atoms with Gasteiger partial charge in [-0.05, 0) is 43.5 Å². The minimum absolute atomic E-state index is 0.158. The normalized spacial score (nSPS) is 11.7. The summed E-state index contributed by atoms with van der Waals surface area (Å²) in [5.74, 6) is -0.702. The molecule has 1 atom stereocenters. The van der Waals surface area contributed by atoms with Gasteiger partial charge >= 0.3 is 5.97 Å². The molecule has 0 heterocycles. The van der Waals surface area contributed by atoms with Gasteiger partial charge in [-0.25, -0.2) is 0 Å². The first-order chi connectivity index (χ1) is 12.4. The quantitative estimate of drug-likeness (QED) is 0.759. The zero-order valence-electron chi connectivity index (χ0n) is 15.4. The Kier molecular flexibility index (Phi) is 6.78. The van der Waals surface area contributed by atoms with E-state index in [-0.39, 0.29) is 5.91 Å². The molecule has 2 aromatic rings. The number of nitrogens with one attached hydrogen (secondary N) is 1. The predicted molar refractivity (Wildman–Crippen MR) is 100 cm³/mol. The number of methoxy groups -OCH3 is 1. The maximum absolute atomic E-state index is 12.3. The zero-order valence-corrected chi connectivity index (χ0v) is 15.4. The number of hydrogen-bond donors (Lipinski definition) is 2.